The summed E-state index contributed by atoms with van der Waals surface area (Å²) in [6, 6.07) is 31.8. The number of aryl methyl sites for hydroxylation is 1. The Morgan fingerprint density at radius 3 is 2.14 bits per heavy atom. The topological polar surface area (TPSA) is 53.4 Å². The van der Waals surface area contributed by atoms with Gasteiger partial charge < -0.3 is 10.0 Å². The zero-order valence-corrected chi connectivity index (χ0v) is 32.8. The van der Waals surface area contributed by atoms with E-state index in [0.29, 0.717) is 0 Å². The van der Waals surface area contributed by atoms with Crippen LogP contribution in [-0.4, -0.2) is 15.9 Å². The Kier molecular flexibility index (Phi) is 12.6. The number of allylic oxidation sites excluding steroid dienone is 2. The van der Waals surface area contributed by atoms with Gasteiger partial charge >= 0.3 is 0 Å². The first-order chi connectivity index (χ1) is 23.0. The van der Waals surface area contributed by atoms with E-state index in [0.717, 1.165) is 60.3 Å². The van der Waals surface area contributed by atoms with Gasteiger partial charge in [-0.05, 0) is 73.4 Å². The molecular formula is C44H51IrN2O2-. The fourth-order valence-corrected chi connectivity index (χ4v) is 6.93. The van der Waals surface area contributed by atoms with Crippen molar-refractivity contribution in [2.24, 2.45) is 17.3 Å². The molecule has 259 valence electrons. The van der Waals surface area contributed by atoms with E-state index in [4.69, 9.17) is 4.98 Å². The summed E-state index contributed by atoms with van der Waals surface area (Å²) in [6.07, 6.45) is 5.91. The Balaban J connectivity index is 0.000000290. The van der Waals surface area contributed by atoms with Crippen LogP contribution in [0, 0.1) is 30.2 Å². The van der Waals surface area contributed by atoms with Gasteiger partial charge in [0.25, 0.3) is 0 Å². The van der Waals surface area contributed by atoms with Crippen molar-refractivity contribution in [3.8, 4) is 11.3 Å². The van der Waals surface area contributed by atoms with Gasteiger partial charge in [-0.1, -0.05) is 109 Å². The average Bonchev–Trinajstić information content (AvgIpc) is 3.07. The SMILES string of the molecule is CCC(CC)C(=O)/C=C(\O)C(CC)CC.Cc1c[c-]c2c3c(cccc13)N(c1ccccc1)c1cc3c(CC(C)(C)C)cccc3nc1-2.[Ir]. The molecule has 49 heavy (non-hydrogen) atoms. The maximum absolute atomic E-state index is 11.7. The summed E-state index contributed by atoms with van der Waals surface area (Å²) in [7, 11) is 0. The minimum absolute atomic E-state index is 0. The Morgan fingerprint density at radius 1 is 0.857 bits per heavy atom. The first kappa shape index (κ1) is 38.0. The summed E-state index contributed by atoms with van der Waals surface area (Å²) in [6.45, 7) is 17.1. The van der Waals surface area contributed by atoms with E-state index >= 15 is 0 Å². The van der Waals surface area contributed by atoms with Crippen LogP contribution in [-0.2, 0) is 31.3 Å². The molecule has 0 amide bonds. The van der Waals surface area contributed by atoms with Gasteiger partial charge in [0.15, 0.2) is 5.78 Å². The second-order valence-corrected chi connectivity index (χ2v) is 14.3. The molecule has 6 rings (SSSR count). The van der Waals surface area contributed by atoms with Gasteiger partial charge in [0.05, 0.1) is 11.3 Å². The standard InChI is InChI=1S/C31H27N2.C13H24O2.Ir/c1-20-16-17-24-29-23(20)13-9-15-27(29)33(22-11-6-5-7-12-22)28-18-25-21(19-31(2,3)4)10-8-14-26(25)32-30(24)28;1-5-10(6-2)12(14)9-13(15)11(7-3)8-4;/h5-16,18H,19H2,1-4H3;9-11,14H,5-8H2,1-4H3;/q-1;;/b;12-9-;. The molecule has 1 N–H and O–H groups in total. The Labute approximate surface area is 307 Å². The number of anilines is 3. The third-order valence-corrected chi connectivity index (χ3v) is 9.62. The van der Waals surface area contributed by atoms with Crippen LogP contribution < -0.4 is 4.90 Å². The molecule has 4 aromatic carbocycles. The molecule has 0 aliphatic carbocycles. The zero-order chi connectivity index (χ0) is 34.6. The van der Waals surface area contributed by atoms with Gasteiger partial charge in [0, 0.05) is 66.2 Å². The number of rotatable bonds is 9. The Hall–Kier alpha value is -3.79. The number of aliphatic hydroxyl groups excluding tert-OH is 1. The van der Waals surface area contributed by atoms with Gasteiger partial charge in [-0.3, -0.25) is 9.78 Å². The Bertz CT molecular complexity index is 1930. The third kappa shape index (κ3) is 8.17. The van der Waals surface area contributed by atoms with Gasteiger partial charge in [-0.15, -0.1) is 23.3 Å². The Morgan fingerprint density at radius 2 is 1.51 bits per heavy atom. The van der Waals surface area contributed by atoms with E-state index in [-0.39, 0.29) is 48.9 Å². The predicted molar refractivity (Wildman–Crippen MR) is 204 cm³/mol. The number of benzene rings is 4. The summed E-state index contributed by atoms with van der Waals surface area (Å²) in [4.78, 5) is 19.4. The number of ketones is 1. The van der Waals surface area contributed by atoms with Crippen molar-refractivity contribution >= 4 is 44.5 Å². The fraction of sp³-hybridized carbons (Fsp3) is 0.364. The van der Waals surface area contributed by atoms with Crippen molar-refractivity contribution in [3.05, 3.63) is 108 Å². The van der Waals surface area contributed by atoms with Crippen molar-refractivity contribution in [2.45, 2.75) is 87.5 Å². The van der Waals surface area contributed by atoms with Crippen LogP contribution in [0.3, 0.4) is 0 Å². The zero-order valence-electron chi connectivity index (χ0n) is 30.4. The molecule has 0 unspecified atom stereocenters. The van der Waals surface area contributed by atoms with Crippen molar-refractivity contribution in [1.29, 1.82) is 0 Å². The summed E-state index contributed by atoms with van der Waals surface area (Å²) in [5.41, 5.74) is 9.39. The van der Waals surface area contributed by atoms with E-state index in [1.165, 1.54) is 39.0 Å². The van der Waals surface area contributed by atoms with Crippen LogP contribution in [0.1, 0.15) is 85.3 Å². The van der Waals surface area contributed by atoms with Crippen LogP contribution in [0.25, 0.3) is 32.9 Å². The molecule has 1 radical (unpaired) electrons. The smallest absolute Gasteiger partial charge is 0.162 e. The molecule has 0 saturated heterocycles. The summed E-state index contributed by atoms with van der Waals surface area (Å²) in [5, 5.41) is 13.5. The van der Waals surface area contributed by atoms with Crippen molar-refractivity contribution < 1.29 is 30.0 Å². The van der Waals surface area contributed by atoms with Gasteiger partial charge in [0.1, 0.15) is 0 Å². The van der Waals surface area contributed by atoms with Crippen LogP contribution in [0.5, 0.6) is 0 Å². The van der Waals surface area contributed by atoms with Crippen LogP contribution in [0.2, 0.25) is 0 Å². The molecule has 0 spiro atoms. The third-order valence-electron chi connectivity index (χ3n) is 9.62. The van der Waals surface area contributed by atoms with Gasteiger partial charge in [-0.2, -0.15) is 0 Å². The molecule has 4 nitrogen and oxygen atoms in total. The number of carbonyl (C=O) groups excluding carboxylic acids is 1. The summed E-state index contributed by atoms with van der Waals surface area (Å²) in [5.74, 6) is 0.547. The van der Waals surface area contributed by atoms with E-state index in [2.05, 4.69) is 118 Å². The number of aliphatic hydroxyl groups is 1. The fourth-order valence-electron chi connectivity index (χ4n) is 6.93. The quantitative estimate of drug-likeness (QED) is 0.0896. The number of hydrogen-bond acceptors (Lipinski definition) is 4. The molecule has 0 atom stereocenters. The molecule has 1 aromatic heterocycles. The molecule has 0 saturated carbocycles. The minimum Gasteiger partial charge on any atom is -0.512 e. The largest absolute Gasteiger partial charge is 0.512 e. The molecule has 2 heterocycles. The number of aromatic nitrogens is 1. The predicted octanol–water partition coefficient (Wildman–Crippen LogP) is 12.4. The maximum Gasteiger partial charge on any atom is 0.162 e. The number of pyridine rings is 1. The van der Waals surface area contributed by atoms with E-state index in [1.807, 2.05) is 27.7 Å². The maximum atomic E-state index is 11.7. The van der Waals surface area contributed by atoms with Crippen LogP contribution in [0.4, 0.5) is 17.1 Å². The number of nitrogens with zero attached hydrogens (tertiary/aromatic N) is 2. The summed E-state index contributed by atoms with van der Waals surface area (Å²) < 4.78 is 0. The van der Waals surface area contributed by atoms with E-state index in [9.17, 15) is 9.90 Å². The van der Waals surface area contributed by atoms with Crippen LogP contribution in [0.15, 0.2) is 90.7 Å². The van der Waals surface area contributed by atoms with Crippen molar-refractivity contribution in [2.75, 3.05) is 4.90 Å². The normalized spacial score (nSPS) is 12.5. The minimum atomic E-state index is 0. The molecule has 0 fully saturated rings. The van der Waals surface area contributed by atoms with Gasteiger partial charge in [-0.25, -0.2) is 0 Å². The number of carbonyl (C=O) groups is 1. The second-order valence-electron chi connectivity index (χ2n) is 14.3. The van der Waals surface area contributed by atoms with E-state index in [1.54, 1.807) is 0 Å². The van der Waals surface area contributed by atoms with Crippen molar-refractivity contribution in [1.82, 2.24) is 4.98 Å². The average molecular weight is 832 g/mol. The summed E-state index contributed by atoms with van der Waals surface area (Å²) >= 11 is 0. The first-order valence-electron chi connectivity index (χ1n) is 17.7. The number of para-hydroxylation sites is 1. The van der Waals surface area contributed by atoms with Crippen molar-refractivity contribution in [3.63, 3.8) is 0 Å². The number of hydrogen-bond donors (Lipinski definition) is 1. The molecule has 5 aromatic rings. The first-order valence-corrected chi connectivity index (χ1v) is 17.7. The number of fused-ring (bicyclic) bond motifs is 3. The van der Waals surface area contributed by atoms with Gasteiger partial charge in [0.2, 0.25) is 0 Å². The van der Waals surface area contributed by atoms with Crippen LogP contribution >= 0.6 is 0 Å². The molecular weight excluding hydrogens is 781 g/mol. The molecule has 5 heteroatoms. The van der Waals surface area contributed by atoms with E-state index < -0.39 is 0 Å². The monoisotopic (exact) mass is 832 g/mol. The second kappa shape index (κ2) is 16.3. The molecule has 1 aliphatic heterocycles. The molecule has 0 bridgehead atoms. The molecule has 1 aliphatic rings.